The van der Waals surface area contributed by atoms with E-state index >= 15 is 0 Å². The van der Waals surface area contributed by atoms with Gasteiger partial charge in [-0.1, -0.05) is 13.8 Å². The highest BCUT2D eigenvalue weighted by molar-refractivity contribution is 5.94. The van der Waals surface area contributed by atoms with Crippen molar-refractivity contribution in [2.45, 2.75) is 83.0 Å². The zero-order valence-corrected chi connectivity index (χ0v) is 19.4. The Morgan fingerprint density at radius 2 is 1.70 bits per heavy atom. The molecule has 0 aliphatic carbocycles. The van der Waals surface area contributed by atoms with Crippen molar-refractivity contribution in [3.05, 3.63) is 0 Å². The molecule has 1 heterocycles. The summed E-state index contributed by atoms with van der Waals surface area (Å²) >= 11 is 0. The summed E-state index contributed by atoms with van der Waals surface area (Å²) in [5.41, 5.74) is 10.6. The van der Waals surface area contributed by atoms with Gasteiger partial charge in [0.05, 0.1) is 6.04 Å². The number of carboxylic acids is 1. The van der Waals surface area contributed by atoms with E-state index in [1.165, 1.54) is 0 Å². The molecule has 0 aromatic carbocycles. The fourth-order valence-electron chi connectivity index (χ4n) is 3.54. The van der Waals surface area contributed by atoms with Crippen molar-refractivity contribution in [3.63, 3.8) is 0 Å². The highest BCUT2D eigenvalue weighted by Gasteiger charge is 2.32. The lowest BCUT2D eigenvalue weighted by atomic mass is 10.0. The number of nitrogens with two attached hydrogens (primary N) is 2. The zero-order chi connectivity index (χ0) is 25.0. The van der Waals surface area contributed by atoms with Crippen LogP contribution in [0.2, 0.25) is 0 Å². The van der Waals surface area contributed by atoms with Crippen LogP contribution in [0.1, 0.15) is 58.8 Å². The summed E-state index contributed by atoms with van der Waals surface area (Å²) in [6.45, 7) is 4.59. The smallest absolute Gasteiger partial charge is 0.326 e. The van der Waals surface area contributed by atoms with Gasteiger partial charge in [0.2, 0.25) is 23.6 Å². The molecular weight excluding hydrogens is 432 g/mol. The van der Waals surface area contributed by atoms with Crippen LogP contribution in [-0.2, 0) is 24.0 Å². The summed E-state index contributed by atoms with van der Waals surface area (Å²) in [5, 5.41) is 20.2. The van der Waals surface area contributed by atoms with E-state index in [4.69, 9.17) is 11.5 Å². The highest BCUT2D eigenvalue weighted by Crippen LogP contribution is 2.10. The third-order valence-corrected chi connectivity index (χ3v) is 5.50. The van der Waals surface area contributed by atoms with Crippen LogP contribution < -0.4 is 32.7 Å². The number of rotatable bonds is 15. The largest absolute Gasteiger partial charge is 0.480 e. The molecule has 4 atom stereocenters. The molecule has 12 heteroatoms. The van der Waals surface area contributed by atoms with Gasteiger partial charge < -0.3 is 37.8 Å². The van der Waals surface area contributed by atoms with Gasteiger partial charge in [-0.15, -0.1) is 0 Å². The number of hydrogen-bond donors (Lipinski definition) is 7. The molecule has 0 aromatic heterocycles. The summed E-state index contributed by atoms with van der Waals surface area (Å²) in [7, 11) is 0. The lowest BCUT2D eigenvalue weighted by Crippen LogP contribution is -2.58. The molecule has 12 nitrogen and oxygen atoms in total. The summed E-state index contributed by atoms with van der Waals surface area (Å²) < 4.78 is 0. The predicted octanol–water partition coefficient (Wildman–Crippen LogP) is -1.67. The summed E-state index contributed by atoms with van der Waals surface area (Å²) in [6.07, 6.45) is 2.82. The number of nitrogens with one attached hydrogen (secondary N) is 4. The first-order valence-electron chi connectivity index (χ1n) is 11.4. The van der Waals surface area contributed by atoms with Gasteiger partial charge in [-0.25, -0.2) is 4.79 Å². The van der Waals surface area contributed by atoms with E-state index in [-0.39, 0.29) is 30.7 Å². The predicted molar refractivity (Wildman–Crippen MR) is 121 cm³/mol. The van der Waals surface area contributed by atoms with Gasteiger partial charge in [0.15, 0.2) is 0 Å². The van der Waals surface area contributed by atoms with Crippen LogP contribution >= 0.6 is 0 Å². The minimum atomic E-state index is -1.32. The van der Waals surface area contributed by atoms with Crippen molar-refractivity contribution in [2.75, 3.05) is 13.1 Å². The van der Waals surface area contributed by atoms with E-state index in [2.05, 4.69) is 21.3 Å². The molecular formula is C21H38N6O6. The third-order valence-electron chi connectivity index (χ3n) is 5.50. The molecule has 1 fully saturated rings. The number of amides is 4. The van der Waals surface area contributed by atoms with E-state index in [1.807, 2.05) is 0 Å². The van der Waals surface area contributed by atoms with Gasteiger partial charge >= 0.3 is 5.97 Å². The molecule has 1 aliphatic heterocycles. The van der Waals surface area contributed by atoms with Crippen molar-refractivity contribution < 1.29 is 29.1 Å². The van der Waals surface area contributed by atoms with Crippen LogP contribution in [0, 0.1) is 5.92 Å². The van der Waals surface area contributed by atoms with Crippen molar-refractivity contribution in [2.24, 2.45) is 17.4 Å². The molecule has 0 radical (unpaired) electrons. The molecule has 0 aromatic rings. The van der Waals surface area contributed by atoms with E-state index in [1.54, 1.807) is 13.8 Å². The number of carboxylic acid groups (broad SMARTS) is 1. The third kappa shape index (κ3) is 10.2. The van der Waals surface area contributed by atoms with E-state index in [0.717, 1.165) is 13.0 Å². The van der Waals surface area contributed by atoms with Crippen LogP contribution in [0.3, 0.4) is 0 Å². The molecule has 4 amide bonds. The molecule has 33 heavy (non-hydrogen) atoms. The quantitative estimate of drug-likeness (QED) is 0.137. The molecule has 0 saturated carbocycles. The molecule has 1 rings (SSSR count). The second-order valence-electron chi connectivity index (χ2n) is 8.63. The highest BCUT2D eigenvalue weighted by atomic mass is 16.4. The van der Waals surface area contributed by atoms with Crippen molar-refractivity contribution >= 4 is 29.6 Å². The number of primary amides is 1. The van der Waals surface area contributed by atoms with Crippen LogP contribution in [0.25, 0.3) is 0 Å². The summed E-state index contributed by atoms with van der Waals surface area (Å²) in [4.78, 5) is 60.7. The minimum absolute atomic E-state index is 0.165. The summed E-state index contributed by atoms with van der Waals surface area (Å²) in [5.74, 6) is -3.86. The molecule has 188 valence electrons. The van der Waals surface area contributed by atoms with E-state index in [9.17, 15) is 29.1 Å². The van der Waals surface area contributed by atoms with Crippen LogP contribution in [0.15, 0.2) is 0 Å². The van der Waals surface area contributed by atoms with Gasteiger partial charge in [-0.05, 0) is 57.5 Å². The first kappa shape index (κ1) is 28.3. The number of unbranched alkanes of at least 4 members (excludes halogenated alkanes) is 1. The maximum atomic E-state index is 13.0. The van der Waals surface area contributed by atoms with Crippen molar-refractivity contribution in [1.29, 1.82) is 0 Å². The summed E-state index contributed by atoms with van der Waals surface area (Å²) in [6, 6.07) is -3.57. The fraction of sp³-hybridized carbons (Fsp3) is 0.762. The maximum absolute atomic E-state index is 13.0. The Kier molecular flexibility index (Phi) is 12.4. The number of carbonyl (C=O) groups is 5. The topological polar surface area (TPSA) is 206 Å². The molecule has 1 aliphatic rings. The van der Waals surface area contributed by atoms with Crippen LogP contribution in [0.4, 0.5) is 0 Å². The average molecular weight is 471 g/mol. The molecule has 4 unspecified atom stereocenters. The van der Waals surface area contributed by atoms with Gasteiger partial charge in [0.1, 0.15) is 18.1 Å². The number of carbonyl (C=O) groups excluding carboxylic acids is 4. The Hall–Kier alpha value is -2.73. The Morgan fingerprint density at radius 1 is 1.00 bits per heavy atom. The molecule has 1 saturated heterocycles. The first-order valence-corrected chi connectivity index (χ1v) is 11.4. The number of hydrogen-bond acceptors (Lipinski definition) is 7. The minimum Gasteiger partial charge on any atom is -0.480 e. The van der Waals surface area contributed by atoms with Crippen molar-refractivity contribution in [3.8, 4) is 0 Å². The Bertz CT molecular complexity index is 695. The van der Waals surface area contributed by atoms with E-state index in [0.29, 0.717) is 32.2 Å². The van der Waals surface area contributed by atoms with Crippen molar-refractivity contribution in [1.82, 2.24) is 21.3 Å². The standard InChI is InChI=1S/C21H38N6O6/c1-12(2)17(20(31)26-15(21(32)33)8-9-16(23)28)27-19(30)14(6-3-4-10-22)25-18(29)13-7-5-11-24-13/h12-15,17,24H,3-11,22H2,1-2H3,(H2,23,28)(H,25,29)(H,26,31)(H,27,30)(H,32,33). The zero-order valence-electron chi connectivity index (χ0n) is 19.4. The lowest BCUT2D eigenvalue weighted by Gasteiger charge is -2.27. The molecule has 0 spiro atoms. The van der Waals surface area contributed by atoms with E-state index < -0.39 is 41.8 Å². The Balaban J connectivity index is 2.86. The second kappa shape index (κ2) is 14.4. The van der Waals surface area contributed by atoms with Gasteiger partial charge in [-0.3, -0.25) is 19.2 Å². The van der Waals surface area contributed by atoms with Crippen LogP contribution in [-0.4, -0.2) is 72.0 Å². The van der Waals surface area contributed by atoms with Gasteiger partial charge in [-0.2, -0.15) is 0 Å². The lowest BCUT2D eigenvalue weighted by molar-refractivity contribution is -0.143. The SMILES string of the molecule is CC(C)C(NC(=O)C(CCCCN)NC(=O)C1CCCN1)C(=O)NC(CCC(N)=O)C(=O)O. The normalized spacial score (nSPS) is 18.2. The van der Waals surface area contributed by atoms with Gasteiger partial charge in [0, 0.05) is 6.42 Å². The van der Waals surface area contributed by atoms with Crippen LogP contribution in [0.5, 0.6) is 0 Å². The second-order valence-corrected chi connectivity index (χ2v) is 8.63. The fourth-order valence-corrected chi connectivity index (χ4v) is 3.54. The first-order chi connectivity index (χ1) is 15.6. The maximum Gasteiger partial charge on any atom is 0.326 e. The average Bonchev–Trinajstić information content (AvgIpc) is 3.28. The Morgan fingerprint density at radius 3 is 2.21 bits per heavy atom. The molecule has 9 N–H and O–H groups in total. The Labute approximate surface area is 194 Å². The molecule has 0 bridgehead atoms. The van der Waals surface area contributed by atoms with Gasteiger partial charge in [0.25, 0.3) is 0 Å². The number of aliphatic carboxylic acids is 1. The monoisotopic (exact) mass is 470 g/mol.